The first-order valence-corrected chi connectivity index (χ1v) is 9.38. The summed E-state index contributed by atoms with van der Waals surface area (Å²) >= 11 is 0. The van der Waals surface area contributed by atoms with Crippen molar-refractivity contribution in [3.63, 3.8) is 0 Å². The minimum Gasteiger partial charge on any atom is -0.464 e. The van der Waals surface area contributed by atoms with Crippen LogP contribution in [0.4, 0.5) is 0 Å². The van der Waals surface area contributed by atoms with Crippen molar-refractivity contribution in [1.82, 2.24) is 0 Å². The Balaban J connectivity index is 3.91. The first-order chi connectivity index (χ1) is 12.3. The molecule has 4 atom stereocenters. The number of ether oxygens (including phenoxy) is 2. The third-order valence-electron chi connectivity index (χ3n) is 4.08. The summed E-state index contributed by atoms with van der Waals surface area (Å²) in [7, 11) is 0. The van der Waals surface area contributed by atoms with E-state index in [1.165, 1.54) is 0 Å². The van der Waals surface area contributed by atoms with Crippen LogP contribution in [-0.2, 0) is 19.1 Å². The quantitative estimate of drug-likeness (QED) is 0.241. The molecule has 4 N–H and O–H groups in total. The molecule has 4 unspecified atom stereocenters. The van der Waals surface area contributed by atoms with Crippen molar-refractivity contribution >= 4 is 11.9 Å². The largest absolute Gasteiger partial charge is 0.464 e. The second-order valence-corrected chi connectivity index (χ2v) is 6.34. The van der Waals surface area contributed by atoms with Gasteiger partial charge in [0.25, 0.3) is 0 Å². The van der Waals surface area contributed by atoms with Gasteiger partial charge >= 0.3 is 11.9 Å². The van der Waals surface area contributed by atoms with E-state index in [9.17, 15) is 30.0 Å². The molecule has 0 fully saturated rings. The van der Waals surface area contributed by atoms with E-state index in [-0.39, 0.29) is 25.4 Å². The van der Waals surface area contributed by atoms with E-state index < -0.39 is 24.1 Å². The van der Waals surface area contributed by atoms with Crippen LogP contribution in [0.3, 0.4) is 0 Å². The minimum absolute atomic E-state index is 0.0356. The molecule has 0 aromatic carbocycles. The summed E-state index contributed by atoms with van der Waals surface area (Å²) in [5, 5.41) is 38.1. The average molecular weight is 378 g/mol. The van der Waals surface area contributed by atoms with Crippen LogP contribution in [0.15, 0.2) is 0 Å². The molecule has 0 bridgehead atoms. The third kappa shape index (κ3) is 11.4. The number of rotatable bonds is 15. The van der Waals surface area contributed by atoms with Crippen LogP contribution in [0.2, 0.25) is 0 Å². The maximum atomic E-state index is 11.6. The third-order valence-corrected chi connectivity index (χ3v) is 4.08. The number of aliphatic hydroxyl groups excluding tert-OH is 4. The standard InChI is InChI=1S/C18H34O8/c1-3-13(19)9-5-7-11-25-17(23)15(21)16(22)18(24)26-12-8-6-10-14(20)4-2/h13-16,19-22H,3-12H2,1-2H3. The Morgan fingerprint density at radius 1 is 0.692 bits per heavy atom. The van der Waals surface area contributed by atoms with Gasteiger partial charge in [-0.2, -0.15) is 0 Å². The summed E-state index contributed by atoms with van der Waals surface area (Å²) in [6, 6.07) is 0. The molecule has 0 heterocycles. The summed E-state index contributed by atoms with van der Waals surface area (Å²) in [5.41, 5.74) is 0. The number of unbranched alkanes of at least 4 members (excludes halogenated alkanes) is 2. The van der Waals surface area contributed by atoms with Gasteiger partial charge in [0, 0.05) is 0 Å². The lowest BCUT2D eigenvalue weighted by Gasteiger charge is -2.16. The Hall–Kier alpha value is -1.22. The second kappa shape index (κ2) is 14.9. The van der Waals surface area contributed by atoms with Crippen LogP contribution in [0.25, 0.3) is 0 Å². The lowest BCUT2D eigenvalue weighted by atomic mass is 10.1. The van der Waals surface area contributed by atoms with Crippen LogP contribution >= 0.6 is 0 Å². The molecule has 154 valence electrons. The molecule has 0 amide bonds. The number of hydrogen-bond donors (Lipinski definition) is 4. The molecule has 0 radical (unpaired) electrons. The zero-order valence-corrected chi connectivity index (χ0v) is 15.8. The molecule has 8 heteroatoms. The maximum Gasteiger partial charge on any atom is 0.338 e. The zero-order chi connectivity index (χ0) is 19.9. The number of aliphatic hydroxyl groups is 4. The van der Waals surface area contributed by atoms with Crippen molar-refractivity contribution in [2.24, 2.45) is 0 Å². The van der Waals surface area contributed by atoms with Crippen molar-refractivity contribution < 1.29 is 39.5 Å². The Kier molecular flexibility index (Phi) is 14.2. The number of esters is 2. The Morgan fingerprint density at radius 2 is 1.04 bits per heavy atom. The van der Waals surface area contributed by atoms with E-state index >= 15 is 0 Å². The highest BCUT2D eigenvalue weighted by molar-refractivity contribution is 5.85. The van der Waals surface area contributed by atoms with Gasteiger partial charge in [0.2, 0.25) is 0 Å². The van der Waals surface area contributed by atoms with Crippen molar-refractivity contribution in [3.8, 4) is 0 Å². The molecule has 0 rings (SSSR count). The van der Waals surface area contributed by atoms with Gasteiger partial charge in [-0.15, -0.1) is 0 Å². The fraction of sp³-hybridized carbons (Fsp3) is 0.889. The Labute approximate surface area is 155 Å². The van der Waals surface area contributed by atoms with Crippen molar-refractivity contribution in [1.29, 1.82) is 0 Å². The first kappa shape index (κ1) is 24.8. The molecule has 0 aliphatic carbocycles. The highest BCUT2D eigenvalue weighted by Gasteiger charge is 2.32. The van der Waals surface area contributed by atoms with Crippen LogP contribution in [0, 0.1) is 0 Å². The van der Waals surface area contributed by atoms with E-state index in [0.717, 1.165) is 0 Å². The molecule has 0 aromatic heterocycles. The highest BCUT2D eigenvalue weighted by atomic mass is 16.6. The van der Waals surface area contributed by atoms with Gasteiger partial charge in [0.05, 0.1) is 25.4 Å². The normalized spacial score (nSPS) is 15.8. The van der Waals surface area contributed by atoms with E-state index in [0.29, 0.717) is 51.4 Å². The predicted molar refractivity (Wildman–Crippen MR) is 94.2 cm³/mol. The highest BCUT2D eigenvalue weighted by Crippen LogP contribution is 2.07. The molecule has 0 aromatic rings. The van der Waals surface area contributed by atoms with Gasteiger partial charge < -0.3 is 29.9 Å². The number of carbonyl (C=O) groups excluding carboxylic acids is 2. The minimum atomic E-state index is -1.99. The fourth-order valence-electron chi connectivity index (χ4n) is 2.15. The van der Waals surface area contributed by atoms with E-state index in [1.807, 2.05) is 13.8 Å². The van der Waals surface area contributed by atoms with Gasteiger partial charge in [-0.3, -0.25) is 0 Å². The average Bonchev–Trinajstić information content (AvgIpc) is 2.65. The summed E-state index contributed by atoms with van der Waals surface area (Å²) in [5.74, 6) is -2.17. The molecule has 0 saturated heterocycles. The van der Waals surface area contributed by atoms with Crippen LogP contribution in [0.1, 0.15) is 65.2 Å². The lowest BCUT2D eigenvalue weighted by Crippen LogP contribution is -2.41. The van der Waals surface area contributed by atoms with Gasteiger partial charge in [-0.05, 0) is 51.4 Å². The maximum absolute atomic E-state index is 11.6. The van der Waals surface area contributed by atoms with Crippen LogP contribution < -0.4 is 0 Å². The van der Waals surface area contributed by atoms with Gasteiger partial charge in [0.15, 0.2) is 12.2 Å². The van der Waals surface area contributed by atoms with E-state index in [2.05, 4.69) is 0 Å². The monoisotopic (exact) mass is 378 g/mol. The summed E-state index contributed by atoms with van der Waals surface area (Å²) in [6.45, 7) is 3.81. The molecular formula is C18H34O8. The smallest absolute Gasteiger partial charge is 0.338 e. The van der Waals surface area contributed by atoms with Gasteiger partial charge in [-0.25, -0.2) is 9.59 Å². The van der Waals surface area contributed by atoms with E-state index in [4.69, 9.17) is 9.47 Å². The lowest BCUT2D eigenvalue weighted by molar-refractivity contribution is -0.173. The SMILES string of the molecule is CCC(O)CCCCOC(=O)C(O)C(O)C(=O)OCCCCC(O)CC. The van der Waals surface area contributed by atoms with Crippen molar-refractivity contribution in [3.05, 3.63) is 0 Å². The summed E-state index contributed by atoms with van der Waals surface area (Å²) in [6.07, 6.45) is 0.122. The Bertz CT molecular complexity index is 351. The summed E-state index contributed by atoms with van der Waals surface area (Å²) < 4.78 is 9.61. The number of carbonyl (C=O) groups is 2. The second-order valence-electron chi connectivity index (χ2n) is 6.34. The molecule has 0 aliphatic heterocycles. The van der Waals surface area contributed by atoms with Crippen LogP contribution in [0.5, 0.6) is 0 Å². The van der Waals surface area contributed by atoms with Gasteiger partial charge in [0.1, 0.15) is 0 Å². The summed E-state index contributed by atoms with van der Waals surface area (Å²) in [4.78, 5) is 23.2. The molecule has 0 aliphatic rings. The predicted octanol–water partition coefficient (Wildman–Crippen LogP) is 0.677. The van der Waals surface area contributed by atoms with Gasteiger partial charge in [-0.1, -0.05) is 13.8 Å². The van der Waals surface area contributed by atoms with Crippen LogP contribution in [-0.4, -0.2) is 70.0 Å². The molecule has 0 spiro atoms. The first-order valence-electron chi connectivity index (χ1n) is 9.38. The molecule has 0 saturated carbocycles. The zero-order valence-electron chi connectivity index (χ0n) is 15.8. The molecule has 26 heavy (non-hydrogen) atoms. The topological polar surface area (TPSA) is 134 Å². The molecular weight excluding hydrogens is 344 g/mol. The Morgan fingerprint density at radius 3 is 1.35 bits per heavy atom. The van der Waals surface area contributed by atoms with Crippen molar-refractivity contribution in [2.45, 2.75) is 89.6 Å². The number of hydrogen-bond acceptors (Lipinski definition) is 8. The van der Waals surface area contributed by atoms with E-state index in [1.54, 1.807) is 0 Å². The fourth-order valence-corrected chi connectivity index (χ4v) is 2.15. The molecule has 8 nitrogen and oxygen atoms in total. The van der Waals surface area contributed by atoms with Crippen molar-refractivity contribution in [2.75, 3.05) is 13.2 Å².